The molecular weight excluding hydrogens is 568 g/mol. The lowest BCUT2D eigenvalue weighted by molar-refractivity contribution is -0.148. The van der Waals surface area contributed by atoms with Crippen molar-refractivity contribution < 1.29 is 39.6 Å². The maximum absolute atomic E-state index is 14.2. The van der Waals surface area contributed by atoms with E-state index in [0.717, 1.165) is 0 Å². The van der Waals surface area contributed by atoms with Crippen LogP contribution in [0.4, 0.5) is 0 Å². The fourth-order valence-corrected chi connectivity index (χ4v) is 6.90. The summed E-state index contributed by atoms with van der Waals surface area (Å²) in [6, 6.07) is 3.91. The minimum atomic E-state index is -2.72. The zero-order valence-electron chi connectivity index (χ0n) is 25.1. The molecular formula is C32H36N4O8. The molecule has 3 aliphatic rings. The van der Waals surface area contributed by atoms with E-state index < -0.39 is 63.5 Å². The number of amides is 2. The molecule has 12 heteroatoms. The predicted molar refractivity (Wildman–Crippen MR) is 158 cm³/mol. The van der Waals surface area contributed by atoms with E-state index in [9.17, 15) is 39.6 Å². The van der Waals surface area contributed by atoms with Gasteiger partial charge in [0, 0.05) is 36.0 Å². The third-order valence-corrected chi connectivity index (χ3v) is 8.99. The Bertz CT molecular complexity index is 1670. The number of hydrogen-bond donors (Lipinski definition) is 6. The molecule has 0 unspecified atom stereocenters. The summed E-state index contributed by atoms with van der Waals surface area (Å²) in [5, 5.41) is 48.7. The van der Waals surface area contributed by atoms with Crippen molar-refractivity contribution in [3.05, 3.63) is 81.1 Å². The van der Waals surface area contributed by atoms with Gasteiger partial charge >= 0.3 is 0 Å². The number of phenols is 1. The molecule has 44 heavy (non-hydrogen) atoms. The monoisotopic (exact) mass is 604 g/mol. The number of nitrogens with two attached hydrogens (primary N) is 1. The quantitative estimate of drug-likeness (QED) is 0.273. The molecule has 3 aliphatic carbocycles. The van der Waals surface area contributed by atoms with E-state index in [1.165, 1.54) is 11.1 Å². The molecule has 0 radical (unpaired) electrons. The number of primary amides is 1. The molecule has 0 bridgehead atoms. The molecule has 0 aliphatic heterocycles. The lowest BCUT2D eigenvalue weighted by Crippen LogP contribution is -2.63. The summed E-state index contributed by atoms with van der Waals surface area (Å²) >= 11 is 0. The van der Waals surface area contributed by atoms with Crippen LogP contribution >= 0.6 is 0 Å². The summed E-state index contributed by atoms with van der Waals surface area (Å²) in [5.41, 5.74) is 2.65. The Hall–Kier alpha value is -4.55. The molecule has 1 heterocycles. The van der Waals surface area contributed by atoms with Gasteiger partial charge in [-0.1, -0.05) is 20.8 Å². The molecule has 0 saturated heterocycles. The molecule has 5 rings (SSSR count). The van der Waals surface area contributed by atoms with Crippen molar-refractivity contribution in [3.63, 3.8) is 0 Å². The maximum Gasteiger partial charge on any atom is 0.255 e. The average molecular weight is 605 g/mol. The number of nitrogens with one attached hydrogen (secondary N) is 1. The number of aliphatic hydroxyl groups excluding tert-OH is 2. The van der Waals surface area contributed by atoms with Gasteiger partial charge in [-0.25, -0.2) is 0 Å². The first-order chi connectivity index (χ1) is 20.5. The Balaban J connectivity index is 1.67. The van der Waals surface area contributed by atoms with Crippen LogP contribution in [0.5, 0.6) is 5.75 Å². The molecule has 4 atom stereocenters. The molecule has 7 N–H and O–H groups in total. The Labute approximate surface area is 253 Å². The van der Waals surface area contributed by atoms with E-state index in [1.807, 2.05) is 20.8 Å². The number of phenolic OH excluding ortho intramolecular Hbond substituents is 1. The summed E-state index contributed by atoms with van der Waals surface area (Å²) in [7, 11) is 3.14. The Morgan fingerprint density at radius 1 is 1.18 bits per heavy atom. The number of allylic oxidation sites excluding steroid dienone is 1. The minimum Gasteiger partial charge on any atom is -0.510 e. The number of likely N-dealkylation sites (N-methyl/N-ethyl adjacent to an activating group) is 1. The van der Waals surface area contributed by atoms with Crippen molar-refractivity contribution in [2.45, 2.75) is 57.2 Å². The van der Waals surface area contributed by atoms with E-state index in [0.29, 0.717) is 22.3 Å². The second-order valence-corrected chi connectivity index (χ2v) is 12.9. The smallest absolute Gasteiger partial charge is 0.255 e. The summed E-state index contributed by atoms with van der Waals surface area (Å²) in [4.78, 5) is 58.3. The third-order valence-electron chi connectivity index (χ3n) is 8.99. The van der Waals surface area contributed by atoms with E-state index >= 15 is 0 Å². The van der Waals surface area contributed by atoms with Gasteiger partial charge in [-0.05, 0) is 67.6 Å². The number of fused-ring (bicyclic) bond motifs is 3. The van der Waals surface area contributed by atoms with Crippen molar-refractivity contribution >= 4 is 23.4 Å². The minimum absolute atomic E-state index is 0.0160. The van der Waals surface area contributed by atoms with E-state index in [4.69, 9.17) is 5.73 Å². The van der Waals surface area contributed by atoms with Crippen LogP contribution in [0.15, 0.2) is 53.3 Å². The van der Waals surface area contributed by atoms with E-state index in [-0.39, 0.29) is 42.2 Å². The van der Waals surface area contributed by atoms with Crippen LogP contribution in [0.25, 0.3) is 0 Å². The number of rotatable bonds is 5. The number of carbonyl (C=O) groups excluding carboxylic acids is 4. The molecule has 0 saturated carbocycles. The van der Waals surface area contributed by atoms with Crippen LogP contribution in [0, 0.1) is 11.8 Å². The second-order valence-electron chi connectivity index (χ2n) is 12.9. The van der Waals surface area contributed by atoms with Crippen LogP contribution in [-0.4, -0.2) is 79.4 Å². The van der Waals surface area contributed by atoms with E-state index in [2.05, 4.69) is 10.3 Å². The zero-order valence-corrected chi connectivity index (χ0v) is 25.1. The zero-order chi connectivity index (χ0) is 32.5. The molecule has 12 nitrogen and oxygen atoms in total. The number of nitrogens with zero attached hydrogens (tertiary/aromatic N) is 2. The van der Waals surface area contributed by atoms with Crippen molar-refractivity contribution in [1.29, 1.82) is 0 Å². The molecule has 0 fully saturated rings. The van der Waals surface area contributed by atoms with Gasteiger partial charge in [-0.3, -0.25) is 29.1 Å². The van der Waals surface area contributed by atoms with Crippen LogP contribution in [0.2, 0.25) is 0 Å². The first kappa shape index (κ1) is 30.9. The predicted octanol–water partition coefficient (Wildman–Crippen LogP) is 1.74. The lowest BCUT2D eigenvalue weighted by atomic mass is 9.58. The number of pyridine rings is 1. The maximum atomic E-state index is 14.2. The Morgan fingerprint density at radius 3 is 2.43 bits per heavy atom. The van der Waals surface area contributed by atoms with Gasteiger partial charge in [-0.2, -0.15) is 0 Å². The average Bonchev–Trinajstić information content (AvgIpc) is 2.93. The summed E-state index contributed by atoms with van der Waals surface area (Å²) < 4.78 is 0. The van der Waals surface area contributed by atoms with Crippen molar-refractivity contribution in [3.8, 4) is 5.75 Å². The molecule has 232 valence electrons. The first-order valence-electron chi connectivity index (χ1n) is 14.2. The molecule has 1 aromatic heterocycles. The first-order valence-corrected chi connectivity index (χ1v) is 14.2. The van der Waals surface area contributed by atoms with Gasteiger partial charge in [-0.15, -0.1) is 0 Å². The third kappa shape index (κ3) is 4.56. The van der Waals surface area contributed by atoms with Gasteiger partial charge < -0.3 is 31.5 Å². The number of aromatic nitrogens is 1. The number of aromatic hydroxyl groups is 1. The number of aliphatic hydroxyl groups is 3. The van der Waals surface area contributed by atoms with E-state index in [1.54, 1.807) is 38.5 Å². The van der Waals surface area contributed by atoms with Gasteiger partial charge in [0.2, 0.25) is 5.78 Å². The van der Waals surface area contributed by atoms with Gasteiger partial charge in [0.15, 0.2) is 11.4 Å². The number of benzene rings is 1. The highest BCUT2D eigenvalue weighted by molar-refractivity contribution is 6.24. The topological polar surface area (TPSA) is 203 Å². The summed E-state index contributed by atoms with van der Waals surface area (Å²) in [6.45, 7) is 5.56. The molecule has 1 aromatic carbocycles. The normalized spacial score (nSPS) is 25.0. The molecule has 2 aromatic rings. The molecule has 2 amide bonds. The van der Waals surface area contributed by atoms with Crippen molar-refractivity contribution in [2.24, 2.45) is 17.6 Å². The Kier molecular flexibility index (Phi) is 7.42. The largest absolute Gasteiger partial charge is 0.510 e. The fraction of sp³-hybridized carbons (Fsp3) is 0.406. The standard InChI is InChI=1S/C32H36N4O8/c1-31(2,3)19-11-16(13-35-30(43)14-7-6-8-34-12-14)17-9-15-10-18-23(36(4)5)26(39)22(29(33)42)28(41)32(18,44)27(40)20(15)25(38)21(17)24(19)37/h6-8,11-12,15,18,23,37,39-40,44H,9-10,13H2,1-5H3,(H2,33,42)(H,35,43)/t15-,18+,23+,32+/m1/s1. The SMILES string of the molecule is CN(C)[C@@H]1C(O)=C(C(N)=O)C(=O)[C@@]2(O)C(O)=C3C(=O)c4c(O)c(C(C)(C)C)cc(CNC(=O)c5cccnc5)c4C[C@@H]3C[C@@H]12. The highest BCUT2D eigenvalue weighted by atomic mass is 16.3. The highest BCUT2D eigenvalue weighted by Gasteiger charge is 2.63. The van der Waals surface area contributed by atoms with Crippen LogP contribution in [-0.2, 0) is 28.0 Å². The number of Topliss-reactive ketones (excluding diaryl/α,β-unsaturated/α-hetero) is 2. The number of carbonyl (C=O) groups is 4. The lowest BCUT2D eigenvalue weighted by Gasteiger charge is -2.50. The summed E-state index contributed by atoms with van der Waals surface area (Å²) in [5.74, 6) is -7.46. The van der Waals surface area contributed by atoms with Gasteiger partial charge in [0.1, 0.15) is 22.8 Å². The highest BCUT2D eigenvalue weighted by Crippen LogP contribution is 2.53. The second kappa shape index (κ2) is 10.6. The van der Waals surface area contributed by atoms with Crippen molar-refractivity contribution in [2.75, 3.05) is 14.1 Å². The number of hydrogen-bond acceptors (Lipinski definition) is 10. The van der Waals surface area contributed by atoms with Crippen LogP contribution in [0.3, 0.4) is 0 Å². The summed E-state index contributed by atoms with van der Waals surface area (Å²) in [6.07, 6.45) is 3.06. The van der Waals surface area contributed by atoms with Crippen LogP contribution in [0.1, 0.15) is 64.6 Å². The van der Waals surface area contributed by atoms with Crippen LogP contribution < -0.4 is 11.1 Å². The van der Waals surface area contributed by atoms with Gasteiger partial charge in [0.25, 0.3) is 11.8 Å². The Morgan fingerprint density at radius 2 is 1.86 bits per heavy atom. The van der Waals surface area contributed by atoms with Crippen molar-refractivity contribution in [1.82, 2.24) is 15.2 Å². The molecule has 0 spiro atoms. The fourth-order valence-electron chi connectivity index (χ4n) is 6.90. The number of ketones is 2. The van der Waals surface area contributed by atoms with Gasteiger partial charge in [0.05, 0.1) is 17.2 Å².